The van der Waals surface area contributed by atoms with E-state index in [1.165, 1.54) is 57.0 Å². The summed E-state index contributed by atoms with van der Waals surface area (Å²) in [5.74, 6) is 1.57. The molecule has 0 fully saturated rings. The van der Waals surface area contributed by atoms with Gasteiger partial charge in [0.2, 0.25) is 0 Å². The van der Waals surface area contributed by atoms with Crippen molar-refractivity contribution in [3.8, 4) is 33.9 Å². The third kappa shape index (κ3) is 6.03. The van der Waals surface area contributed by atoms with E-state index in [0.29, 0.717) is 5.92 Å². The molecule has 286 valence electrons. The molecule has 0 N–H and O–H groups in total. The average Bonchev–Trinajstić information content (AvgIpc) is 3.91. The Kier molecular flexibility index (Phi) is 8.64. The second kappa shape index (κ2) is 14.6. The number of allylic oxidation sites excluding steroid dienone is 9. The van der Waals surface area contributed by atoms with Crippen LogP contribution in [0, 0.1) is 0 Å². The average molecular weight is 806 g/mol. The molecule has 3 aliphatic carbocycles. The number of benzene rings is 5. The zero-order chi connectivity index (χ0) is 39.6. The van der Waals surface area contributed by atoms with Crippen LogP contribution in [0.4, 0.5) is 0 Å². The van der Waals surface area contributed by atoms with Crippen LogP contribution in [0.1, 0.15) is 65.1 Å². The van der Waals surface area contributed by atoms with Crippen molar-refractivity contribution in [2.24, 2.45) is 0 Å². The molecular formula is C55H39N3S2. The second-order valence-corrected chi connectivity index (χ2v) is 18.2. The summed E-state index contributed by atoms with van der Waals surface area (Å²) < 4.78 is 5.06. The van der Waals surface area contributed by atoms with E-state index in [0.717, 1.165) is 64.6 Å². The van der Waals surface area contributed by atoms with Gasteiger partial charge in [0.15, 0.2) is 5.82 Å². The SMILES string of the molecule is C1=CCC(c2ccc(C3CC=Cc4nc(-c5cccc(-c6nc(-c7cccc8c7sc7ccccc78)cc(C7C=CC=CC7)n6)c5)c5sc6ccccc6c5c43)cc2)C=C1. The number of hydrogen-bond acceptors (Lipinski definition) is 5. The van der Waals surface area contributed by atoms with Crippen LogP contribution >= 0.6 is 22.7 Å². The van der Waals surface area contributed by atoms with E-state index in [4.69, 9.17) is 15.0 Å². The third-order valence-corrected chi connectivity index (χ3v) is 14.9. The van der Waals surface area contributed by atoms with Crippen LogP contribution in [-0.4, -0.2) is 15.0 Å². The molecule has 0 spiro atoms. The van der Waals surface area contributed by atoms with Crippen molar-refractivity contribution >= 4 is 69.1 Å². The van der Waals surface area contributed by atoms with E-state index in [9.17, 15) is 0 Å². The number of nitrogens with zero attached hydrogens (tertiary/aromatic N) is 3. The van der Waals surface area contributed by atoms with Crippen molar-refractivity contribution in [1.82, 2.24) is 15.0 Å². The van der Waals surface area contributed by atoms with Crippen LogP contribution in [0.3, 0.4) is 0 Å². The molecule has 5 aromatic carbocycles. The summed E-state index contributed by atoms with van der Waals surface area (Å²) in [7, 11) is 0. The Balaban J connectivity index is 1.00. The molecule has 3 unspecified atom stereocenters. The minimum absolute atomic E-state index is 0.179. The molecule has 9 aromatic rings. The van der Waals surface area contributed by atoms with Gasteiger partial charge in [-0.1, -0.05) is 152 Å². The van der Waals surface area contributed by atoms with Crippen molar-refractivity contribution in [3.63, 3.8) is 0 Å². The molecule has 3 aliphatic rings. The molecule has 0 aliphatic heterocycles. The first-order chi connectivity index (χ1) is 29.7. The maximum absolute atomic E-state index is 5.57. The number of rotatable bonds is 6. The number of hydrogen-bond donors (Lipinski definition) is 0. The molecule has 5 heteroatoms. The summed E-state index contributed by atoms with van der Waals surface area (Å²) in [6.45, 7) is 0. The van der Waals surface area contributed by atoms with E-state index < -0.39 is 0 Å². The molecule has 3 atom stereocenters. The van der Waals surface area contributed by atoms with Crippen LogP contribution in [0.15, 0.2) is 176 Å². The first kappa shape index (κ1) is 35.4. The van der Waals surface area contributed by atoms with Crippen molar-refractivity contribution < 1.29 is 0 Å². The van der Waals surface area contributed by atoms with Gasteiger partial charge in [0.05, 0.1) is 27.5 Å². The monoisotopic (exact) mass is 805 g/mol. The predicted octanol–water partition coefficient (Wildman–Crippen LogP) is 15.4. The summed E-state index contributed by atoms with van der Waals surface area (Å²) in [6.07, 6.45) is 25.1. The molecule has 3 nitrogen and oxygen atoms in total. The Morgan fingerprint density at radius 1 is 0.517 bits per heavy atom. The molecule has 0 saturated carbocycles. The molecule has 4 heterocycles. The van der Waals surface area contributed by atoms with E-state index in [2.05, 4.69) is 182 Å². The van der Waals surface area contributed by atoms with Crippen LogP contribution in [0.5, 0.6) is 0 Å². The zero-order valence-electron chi connectivity index (χ0n) is 32.8. The van der Waals surface area contributed by atoms with Gasteiger partial charge in [0.1, 0.15) is 0 Å². The Hall–Kier alpha value is -6.53. The predicted molar refractivity (Wildman–Crippen MR) is 255 cm³/mol. The van der Waals surface area contributed by atoms with Gasteiger partial charge in [-0.2, -0.15) is 0 Å². The second-order valence-electron chi connectivity index (χ2n) is 16.1. The standard InChI is InChI=1S/C55H39N3S2/c1-3-14-34(15-4-1)35-28-30-36(31-29-35)40-22-13-25-45-50(40)51-44-21-8-10-27-49(44)60-54(51)52(56-45)38-18-11-19-39(32-38)55-57-46(37-16-5-2-6-17-37)33-47(58-55)43-24-12-23-42-41-20-7-9-26-48(41)59-53(42)43/h1-14,16,18-21,23-34,37,40H,15,17,22H2. The van der Waals surface area contributed by atoms with E-state index in [1.54, 1.807) is 0 Å². The fraction of sp³-hybridized carbons (Fsp3) is 0.109. The smallest absolute Gasteiger partial charge is 0.160 e. The molecule has 4 aromatic heterocycles. The molecule has 60 heavy (non-hydrogen) atoms. The Labute approximate surface area is 357 Å². The molecule has 12 rings (SSSR count). The first-order valence-corrected chi connectivity index (χ1v) is 22.6. The van der Waals surface area contributed by atoms with E-state index >= 15 is 0 Å². The summed E-state index contributed by atoms with van der Waals surface area (Å²) >= 11 is 3.70. The lowest BCUT2D eigenvalue weighted by atomic mass is 9.81. The minimum atomic E-state index is 0.179. The molecular weight excluding hydrogens is 767 g/mol. The lowest BCUT2D eigenvalue weighted by Crippen LogP contribution is -2.09. The number of pyridine rings is 1. The van der Waals surface area contributed by atoms with Gasteiger partial charge < -0.3 is 0 Å². The zero-order valence-corrected chi connectivity index (χ0v) is 34.5. The van der Waals surface area contributed by atoms with Crippen molar-refractivity contribution in [2.45, 2.75) is 37.0 Å². The van der Waals surface area contributed by atoms with Crippen LogP contribution in [0.25, 0.3) is 80.3 Å². The molecule has 0 bridgehead atoms. The highest BCUT2D eigenvalue weighted by molar-refractivity contribution is 7.26. The van der Waals surface area contributed by atoms with Gasteiger partial charge in [-0.3, -0.25) is 0 Å². The van der Waals surface area contributed by atoms with E-state index in [1.807, 2.05) is 22.7 Å². The number of fused-ring (bicyclic) bond motifs is 8. The first-order valence-electron chi connectivity index (χ1n) is 20.9. The van der Waals surface area contributed by atoms with Gasteiger partial charge in [-0.15, -0.1) is 22.7 Å². The summed E-state index contributed by atoms with van der Waals surface area (Å²) in [5, 5.41) is 5.19. The quantitative estimate of drug-likeness (QED) is 0.168. The highest BCUT2D eigenvalue weighted by Crippen LogP contribution is 2.48. The Morgan fingerprint density at radius 3 is 2.03 bits per heavy atom. The lowest BCUT2D eigenvalue weighted by Gasteiger charge is -2.25. The van der Waals surface area contributed by atoms with E-state index in [-0.39, 0.29) is 11.8 Å². The summed E-state index contributed by atoms with van der Waals surface area (Å²) in [6, 6.07) is 44.6. The van der Waals surface area contributed by atoms with Gasteiger partial charge in [-0.25, -0.2) is 15.0 Å². The van der Waals surface area contributed by atoms with Gasteiger partial charge >= 0.3 is 0 Å². The van der Waals surface area contributed by atoms with Crippen LogP contribution < -0.4 is 0 Å². The maximum Gasteiger partial charge on any atom is 0.160 e. The van der Waals surface area contributed by atoms with Gasteiger partial charge in [0.25, 0.3) is 0 Å². The Morgan fingerprint density at radius 2 is 1.22 bits per heavy atom. The van der Waals surface area contributed by atoms with Crippen LogP contribution in [-0.2, 0) is 0 Å². The fourth-order valence-corrected chi connectivity index (χ4v) is 12.0. The summed E-state index contributed by atoms with van der Waals surface area (Å²) in [5.41, 5.74) is 11.3. The molecule has 0 amide bonds. The highest BCUT2D eigenvalue weighted by Gasteiger charge is 2.28. The topological polar surface area (TPSA) is 38.7 Å². The fourth-order valence-electron chi connectivity index (χ4n) is 9.53. The maximum atomic E-state index is 5.57. The molecule has 0 saturated heterocycles. The van der Waals surface area contributed by atoms with Gasteiger partial charge in [-0.05, 0) is 66.3 Å². The van der Waals surface area contributed by atoms with Crippen molar-refractivity contribution in [1.29, 1.82) is 0 Å². The van der Waals surface area contributed by atoms with Gasteiger partial charge in [0, 0.05) is 70.1 Å². The van der Waals surface area contributed by atoms with Crippen LogP contribution in [0.2, 0.25) is 0 Å². The Bertz CT molecular complexity index is 3320. The highest BCUT2D eigenvalue weighted by atomic mass is 32.1. The molecule has 0 radical (unpaired) electrons. The lowest BCUT2D eigenvalue weighted by molar-refractivity contribution is 0.811. The number of aromatic nitrogens is 3. The van der Waals surface area contributed by atoms with Crippen molar-refractivity contribution in [2.75, 3.05) is 0 Å². The third-order valence-electron chi connectivity index (χ3n) is 12.5. The normalized spacial score (nSPS) is 18.3. The largest absolute Gasteiger partial charge is 0.247 e. The minimum Gasteiger partial charge on any atom is -0.247 e. The number of thiophene rings is 2. The summed E-state index contributed by atoms with van der Waals surface area (Å²) in [4.78, 5) is 16.3. The van der Waals surface area contributed by atoms with Crippen molar-refractivity contribution in [3.05, 3.63) is 204 Å².